The smallest absolute Gasteiger partial charge is 0.311 e. The molecule has 7 atom stereocenters. The summed E-state index contributed by atoms with van der Waals surface area (Å²) in [5.74, 6) is 2.55. The number of hydrogen-bond donors (Lipinski definition) is 0. The van der Waals surface area contributed by atoms with Crippen LogP contribution in [-0.4, -0.2) is 25.2 Å². The molecule has 0 N–H and O–H groups in total. The van der Waals surface area contributed by atoms with Gasteiger partial charge in [0.25, 0.3) is 0 Å². The average molecular weight is 487 g/mol. The second-order valence-electron chi connectivity index (χ2n) is 13.4. The predicted molar refractivity (Wildman–Crippen MR) is 142 cm³/mol. The Hall–Kier alpha value is -1.58. The fourth-order valence-corrected chi connectivity index (χ4v) is 7.07. The Bertz CT molecular complexity index is 820. The van der Waals surface area contributed by atoms with Crippen LogP contribution < -0.4 is 0 Å². The molecule has 1 saturated carbocycles. The summed E-state index contributed by atoms with van der Waals surface area (Å²) in [5, 5.41) is 0. The number of allylic oxidation sites excluding steroid dienone is 3. The van der Waals surface area contributed by atoms with E-state index in [-0.39, 0.29) is 29.4 Å². The van der Waals surface area contributed by atoms with E-state index in [0.29, 0.717) is 36.0 Å². The summed E-state index contributed by atoms with van der Waals surface area (Å²) in [4.78, 5) is 25.0. The Kier molecular flexibility index (Phi) is 8.97. The molecule has 4 nitrogen and oxygen atoms in total. The van der Waals surface area contributed by atoms with Gasteiger partial charge < -0.3 is 9.47 Å². The maximum Gasteiger partial charge on any atom is 0.311 e. The van der Waals surface area contributed by atoms with Gasteiger partial charge in [0.2, 0.25) is 0 Å². The lowest BCUT2D eigenvalue weighted by atomic mass is 9.62. The monoisotopic (exact) mass is 486 g/mol. The van der Waals surface area contributed by atoms with E-state index in [0.717, 1.165) is 32.1 Å². The van der Waals surface area contributed by atoms with E-state index in [1.54, 1.807) is 0 Å². The van der Waals surface area contributed by atoms with Crippen LogP contribution >= 0.6 is 0 Å². The molecule has 0 aromatic heterocycles. The number of methoxy groups -OCH3 is 1. The van der Waals surface area contributed by atoms with Crippen molar-refractivity contribution in [2.75, 3.05) is 7.11 Å². The van der Waals surface area contributed by atoms with Gasteiger partial charge in [0.05, 0.1) is 12.5 Å². The molecule has 0 aromatic rings. The molecule has 0 spiro atoms. The minimum absolute atomic E-state index is 0.0457. The Labute approximate surface area is 214 Å². The van der Waals surface area contributed by atoms with Crippen molar-refractivity contribution in [3.8, 4) is 0 Å². The van der Waals surface area contributed by atoms with Gasteiger partial charge in [-0.1, -0.05) is 59.3 Å². The fraction of sp³-hybridized carbons (Fsp3) is 0.806. The first-order chi connectivity index (χ1) is 16.3. The number of rotatable bonds is 8. The highest BCUT2D eigenvalue weighted by Gasteiger charge is 2.43. The van der Waals surface area contributed by atoms with E-state index in [9.17, 15) is 9.59 Å². The Morgan fingerprint density at radius 1 is 1.09 bits per heavy atom. The minimum Gasteiger partial charge on any atom is -0.469 e. The molecule has 1 unspecified atom stereocenters. The molecule has 0 radical (unpaired) electrons. The molecular weight excluding hydrogens is 436 g/mol. The Morgan fingerprint density at radius 2 is 1.77 bits per heavy atom. The van der Waals surface area contributed by atoms with E-state index >= 15 is 0 Å². The van der Waals surface area contributed by atoms with Crippen molar-refractivity contribution in [2.24, 2.45) is 46.3 Å². The van der Waals surface area contributed by atoms with Crippen LogP contribution in [0.2, 0.25) is 0 Å². The molecule has 4 heteroatoms. The SMILES string of the molecule is CCC(C)(C)C(=O)O[C@H]1C[C@@H](C)C=C2C=C[C@H](C)[C@H](CC[C@@H]3C[C@H](CC(=O)OC)CC(C)(C)C3)C21. The standard InChI is InChI=1S/C31H50O4/c1-9-31(6,7)29(33)35-26-15-20(2)14-24-12-10-21(3)25(28(24)26)13-11-22-16-23(17-27(32)34-8)19-30(4,5)18-22/h10,12,14,20-23,25-26,28H,9,11,13,15-19H2,1-8H3/t20-,21-,22+,23+,25-,26-,28?/m0/s1. The van der Waals surface area contributed by atoms with Crippen molar-refractivity contribution in [2.45, 2.75) is 106 Å². The van der Waals surface area contributed by atoms with E-state index in [4.69, 9.17) is 9.47 Å². The number of hydrogen-bond acceptors (Lipinski definition) is 4. The number of fused-ring (bicyclic) bond motifs is 1. The van der Waals surface area contributed by atoms with Crippen molar-refractivity contribution >= 4 is 11.9 Å². The molecule has 0 saturated heterocycles. The largest absolute Gasteiger partial charge is 0.469 e. The van der Waals surface area contributed by atoms with Crippen LogP contribution in [0.4, 0.5) is 0 Å². The van der Waals surface area contributed by atoms with Gasteiger partial charge in [-0.2, -0.15) is 0 Å². The second kappa shape index (κ2) is 11.2. The van der Waals surface area contributed by atoms with Crippen LogP contribution in [0.3, 0.4) is 0 Å². The third kappa shape index (κ3) is 7.01. The lowest BCUT2D eigenvalue weighted by molar-refractivity contribution is -0.164. The summed E-state index contributed by atoms with van der Waals surface area (Å²) in [5.41, 5.74) is 1.18. The van der Waals surface area contributed by atoms with Gasteiger partial charge >= 0.3 is 11.9 Å². The van der Waals surface area contributed by atoms with Crippen LogP contribution in [0.1, 0.15) is 99.8 Å². The van der Waals surface area contributed by atoms with Crippen molar-refractivity contribution in [1.82, 2.24) is 0 Å². The van der Waals surface area contributed by atoms with Gasteiger partial charge in [0.1, 0.15) is 6.10 Å². The molecule has 0 aliphatic heterocycles. The average Bonchev–Trinajstić information content (AvgIpc) is 2.77. The molecule has 3 aliphatic rings. The summed E-state index contributed by atoms with van der Waals surface area (Å²) in [6.07, 6.45) is 15.0. The third-order valence-electron chi connectivity index (χ3n) is 9.23. The zero-order valence-electron chi connectivity index (χ0n) is 23.6. The van der Waals surface area contributed by atoms with E-state index < -0.39 is 5.41 Å². The first-order valence-corrected chi connectivity index (χ1v) is 14.0. The van der Waals surface area contributed by atoms with Gasteiger partial charge in [-0.3, -0.25) is 9.59 Å². The summed E-state index contributed by atoms with van der Waals surface area (Å²) in [6, 6.07) is 0. The van der Waals surface area contributed by atoms with Crippen LogP contribution in [0, 0.1) is 46.3 Å². The van der Waals surface area contributed by atoms with Crippen LogP contribution in [0.15, 0.2) is 23.8 Å². The van der Waals surface area contributed by atoms with Gasteiger partial charge in [-0.05, 0) is 93.0 Å². The molecule has 3 rings (SSSR count). The van der Waals surface area contributed by atoms with E-state index in [1.807, 2.05) is 13.8 Å². The lowest BCUT2D eigenvalue weighted by Gasteiger charge is -2.45. The zero-order valence-corrected chi connectivity index (χ0v) is 23.6. The molecule has 0 amide bonds. The highest BCUT2D eigenvalue weighted by molar-refractivity contribution is 5.76. The molecular formula is C31H50O4. The van der Waals surface area contributed by atoms with Gasteiger partial charge in [0, 0.05) is 12.3 Å². The lowest BCUT2D eigenvalue weighted by Crippen LogP contribution is -2.43. The molecule has 35 heavy (non-hydrogen) atoms. The maximum atomic E-state index is 13.1. The van der Waals surface area contributed by atoms with Gasteiger partial charge in [0.15, 0.2) is 0 Å². The van der Waals surface area contributed by atoms with Crippen molar-refractivity contribution in [3.63, 3.8) is 0 Å². The first kappa shape index (κ1) is 28.0. The highest BCUT2D eigenvalue weighted by atomic mass is 16.5. The van der Waals surface area contributed by atoms with E-state index in [2.05, 4.69) is 52.8 Å². The maximum absolute atomic E-state index is 13.1. The zero-order chi connectivity index (χ0) is 26.0. The van der Waals surface area contributed by atoms with Gasteiger partial charge in [-0.15, -0.1) is 0 Å². The van der Waals surface area contributed by atoms with Crippen molar-refractivity contribution in [1.29, 1.82) is 0 Å². The number of esters is 2. The normalized spacial score (nSPS) is 34.5. The highest BCUT2D eigenvalue weighted by Crippen LogP contribution is 2.49. The molecule has 198 valence electrons. The summed E-state index contributed by atoms with van der Waals surface area (Å²) < 4.78 is 11.3. The topological polar surface area (TPSA) is 52.6 Å². The quantitative estimate of drug-likeness (QED) is 0.333. The van der Waals surface area contributed by atoms with Gasteiger partial charge in [-0.25, -0.2) is 0 Å². The van der Waals surface area contributed by atoms with E-state index in [1.165, 1.54) is 25.5 Å². The Balaban J connectivity index is 1.74. The van der Waals surface area contributed by atoms with Crippen molar-refractivity contribution < 1.29 is 19.1 Å². The summed E-state index contributed by atoms with van der Waals surface area (Å²) in [6.45, 7) is 15.3. The van der Waals surface area contributed by atoms with Crippen LogP contribution in [-0.2, 0) is 19.1 Å². The predicted octanol–water partition coefficient (Wildman–Crippen LogP) is 7.52. The molecule has 3 aliphatic carbocycles. The van der Waals surface area contributed by atoms with Crippen LogP contribution in [0.5, 0.6) is 0 Å². The summed E-state index contributed by atoms with van der Waals surface area (Å²) in [7, 11) is 1.49. The molecule has 0 bridgehead atoms. The molecule has 1 fully saturated rings. The fourth-order valence-electron chi connectivity index (χ4n) is 7.07. The number of carbonyl (C=O) groups is 2. The minimum atomic E-state index is -0.446. The number of ether oxygens (including phenoxy) is 2. The Morgan fingerprint density at radius 3 is 2.43 bits per heavy atom. The van der Waals surface area contributed by atoms with Crippen LogP contribution in [0.25, 0.3) is 0 Å². The first-order valence-electron chi connectivity index (χ1n) is 14.0. The molecule has 0 heterocycles. The molecule has 0 aromatic carbocycles. The number of carbonyl (C=O) groups excluding carboxylic acids is 2. The summed E-state index contributed by atoms with van der Waals surface area (Å²) >= 11 is 0. The third-order valence-corrected chi connectivity index (χ3v) is 9.23. The van der Waals surface area contributed by atoms with Crippen molar-refractivity contribution in [3.05, 3.63) is 23.8 Å². The second-order valence-corrected chi connectivity index (χ2v) is 13.4.